The molecule has 6 heteroatoms. The van der Waals surface area contributed by atoms with Crippen molar-refractivity contribution in [1.82, 2.24) is 15.5 Å². The van der Waals surface area contributed by atoms with E-state index in [9.17, 15) is 4.79 Å². The molecule has 2 N–H and O–H groups in total. The van der Waals surface area contributed by atoms with Gasteiger partial charge in [0, 0.05) is 6.42 Å². The van der Waals surface area contributed by atoms with Gasteiger partial charge in [0.1, 0.15) is 0 Å². The summed E-state index contributed by atoms with van der Waals surface area (Å²) in [5, 5.41) is 15.1. The molecule has 2 rings (SSSR count). The number of carbonyl (C=O) groups is 1. The van der Waals surface area contributed by atoms with Gasteiger partial charge in [0.25, 0.3) is 5.82 Å². The number of nitrogens with one attached hydrogen (secondary N) is 1. The van der Waals surface area contributed by atoms with Gasteiger partial charge in [-0.25, -0.2) is 4.79 Å². The van der Waals surface area contributed by atoms with E-state index in [1.54, 1.807) is 0 Å². The number of aromatic nitrogens is 2. The number of hydrogen-bond donors (Lipinski definition) is 2. The van der Waals surface area contributed by atoms with Gasteiger partial charge in [-0.3, -0.25) is 0 Å². The normalized spacial score (nSPS) is 21.3. The number of hydrogen-bond acceptors (Lipinski definition) is 5. The molecule has 0 amide bonds. The van der Waals surface area contributed by atoms with Crippen LogP contribution in [0.3, 0.4) is 0 Å². The molecule has 76 valence electrons. The van der Waals surface area contributed by atoms with Crippen LogP contribution in [0.25, 0.3) is 0 Å². The van der Waals surface area contributed by atoms with Gasteiger partial charge >= 0.3 is 5.97 Å². The van der Waals surface area contributed by atoms with Crippen LogP contribution in [0.2, 0.25) is 0 Å². The van der Waals surface area contributed by atoms with E-state index in [2.05, 4.69) is 15.5 Å². The summed E-state index contributed by atoms with van der Waals surface area (Å²) in [5.74, 6) is -0.510. The first-order valence-corrected chi connectivity index (χ1v) is 4.52. The minimum atomic E-state index is -1.15. The average molecular weight is 197 g/mol. The van der Waals surface area contributed by atoms with Crippen molar-refractivity contribution in [3.8, 4) is 0 Å². The first-order chi connectivity index (χ1) is 6.75. The summed E-state index contributed by atoms with van der Waals surface area (Å²) in [6.07, 6.45) is 1.73. The Morgan fingerprint density at radius 2 is 2.57 bits per heavy atom. The highest BCUT2D eigenvalue weighted by atomic mass is 16.5. The largest absolute Gasteiger partial charge is 0.475 e. The van der Waals surface area contributed by atoms with Gasteiger partial charge < -0.3 is 14.9 Å². The Morgan fingerprint density at radius 3 is 3.14 bits per heavy atom. The molecule has 1 aliphatic rings. The molecule has 14 heavy (non-hydrogen) atoms. The van der Waals surface area contributed by atoms with Crippen molar-refractivity contribution in [2.75, 3.05) is 13.1 Å². The molecular formula is C8H11N3O3. The fraction of sp³-hybridized carbons (Fsp3) is 0.625. The molecule has 0 saturated carbocycles. The zero-order valence-electron chi connectivity index (χ0n) is 7.56. The molecule has 1 aromatic heterocycles. The Kier molecular flexibility index (Phi) is 2.45. The molecule has 1 aliphatic heterocycles. The van der Waals surface area contributed by atoms with E-state index < -0.39 is 5.97 Å². The van der Waals surface area contributed by atoms with Crippen LogP contribution in [0.4, 0.5) is 0 Å². The van der Waals surface area contributed by atoms with Crippen molar-refractivity contribution in [2.24, 2.45) is 5.92 Å². The van der Waals surface area contributed by atoms with Gasteiger partial charge in [-0.2, -0.15) is 4.98 Å². The summed E-state index contributed by atoms with van der Waals surface area (Å²) in [6, 6.07) is 0. The highest BCUT2D eigenvalue weighted by Crippen LogP contribution is 2.13. The number of carboxylic acids is 1. The molecule has 6 nitrogen and oxygen atoms in total. The van der Waals surface area contributed by atoms with Crippen LogP contribution in [0.5, 0.6) is 0 Å². The third kappa shape index (κ3) is 1.90. The van der Waals surface area contributed by atoms with E-state index in [-0.39, 0.29) is 5.82 Å². The maximum absolute atomic E-state index is 10.5. The number of rotatable bonds is 3. The lowest BCUT2D eigenvalue weighted by atomic mass is 10.1. The highest BCUT2D eigenvalue weighted by molar-refractivity contribution is 5.82. The van der Waals surface area contributed by atoms with E-state index in [0.29, 0.717) is 18.2 Å². The molecule has 0 bridgehead atoms. The molecule has 1 aromatic rings. The first-order valence-electron chi connectivity index (χ1n) is 4.52. The van der Waals surface area contributed by atoms with Gasteiger partial charge in [0.2, 0.25) is 5.89 Å². The lowest BCUT2D eigenvalue weighted by Crippen LogP contribution is -2.11. The number of carboxylic acid groups (broad SMARTS) is 1. The Hall–Kier alpha value is -1.43. The van der Waals surface area contributed by atoms with Gasteiger partial charge in [-0.1, -0.05) is 0 Å². The molecule has 0 spiro atoms. The smallest absolute Gasteiger partial charge is 0.377 e. The van der Waals surface area contributed by atoms with Crippen molar-refractivity contribution in [1.29, 1.82) is 0 Å². The molecule has 0 radical (unpaired) electrons. The van der Waals surface area contributed by atoms with Crippen molar-refractivity contribution < 1.29 is 14.4 Å². The monoisotopic (exact) mass is 197 g/mol. The summed E-state index contributed by atoms with van der Waals surface area (Å²) < 4.78 is 4.82. The van der Waals surface area contributed by atoms with Crippen molar-refractivity contribution in [3.63, 3.8) is 0 Å². The molecular weight excluding hydrogens is 186 g/mol. The van der Waals surface area contributed by atoms with E-state index in [1.165, 1.54) is 0 Å². The van der Waals surface area contributed by atoms with E-state index in [4.69, 9.17) is 9.63 Å². The summed E-state index contributed by atoms with van der Waals surface area (Å²) in [4.78, 5) is 14.2. The van der Waals surface area contributed by atoms with E-state index in [0.717, 1.165) is 19.5 Å². The van der Waals surface area contributed by atoms with Gasteiger partial charge in [0.05, 0.1) is 0 Å². The zero-order chi connectivity index (χ0) is 9.97. The van der Waals surface area contributed by atoms with E-state index >= 15 is 0 Å². The number of aromatic carboxylic acids is 1. The average Bonchev–Trinajstić information content (AvgIpc) is 2.75. The molecule has 2 heterocycles. The summed E-state index contributed by atoms with van der Waals surface area (Å²) in [5.41, 5.74) is 0. The quantitative estimate of drug-likeness (QED) is 0.704. The second-order valence-corrected chi connectivity index (χ2v) is 3.38. The number of nitrogens with zero attached hydrogens (tertiary/aromatic N) is 2. The standard InChI is InChI=1S/C8H11N3O3/c12-8(13)7-10-6(14-11-7)3-5-1-2-9-4-5/h5,9H,1-4H2,(H,12,13). The van der Waals surface area contributed by atoms with Crippen LogP contribution in [-0.4, -0.2) is 34.3 Å². The van der Waals surface area contributed by atoms with Crippen LogP contribution in [-0.2, 0) is 6.42 Å². The second-order valence-electron chi connectivity index (χ2n) is 3.38. The molecule has 0 aromatic carbocycles. The molecule has 1 atom stereocenters. The fourth-order valence-electron chi connectivity index (χ4n) is 1.56. The second kappa shape index (κ2) is 3.75. The maximum atomic E-state index is 10.5. The van der Waals surface area contributed by atoms with Gasteiger partial charge in [-0.15, -0.1) is 0 Å². The van der Waals surface area contributed by atoms with Gasteiger partial charge in [0.15, 0.2) is 0 Å². The predicted molar refractivity (Wildman–Crippen MR) is 45.9 cm³/mol. The Labute approximate surface area is 80.3 Å². The first kappa shape index (κ1) is 9.14. The SMILES string of the molecule is O=C(O)c1noc(CC2CCNC2)n1. The molecule has 1 unspecified atom stereocenters. The maximum Gasteiger partial charge on any atom is 0.377 e. The van der Waals surface area contributed by atoms with Crippen LogP contribution in [0.15, 0.2) is 4.52 Å². The molecule has 1 fully saturated rings. The zero-order valence-corrected chi connectivity index (χ0v) is 7.56. The molecule has 0 aliphatic carbocycles. The molecule has 1 saturated heterocycles. The van der Waals surface area contributed by atoms with Crippen LogP contribution in [0.1, 0.15) is 22.9 Å². The van der Waals surface area contributed by atoms with Crippen LogP contribution < -0.4 is 5.32 Å². The third-order valence-electron chi connectivity index (χ3n) is 2.29. The van der Waals surface area contributed by atoms with Crippen molar-refractivity contribution in [3.05, 3.63) is 11.7 Å². The predicted octanol–water partition coefficient (Wildman–Crippen LogP) is -0.0802. The van der Waals surface area contributed by atoms with Crippen LogP contribution in [0, 0.1) is 5.92 Å². The van der Waals surface area contributed by atoms with Crippen LogP contribution >= 0.6 is 0 Å². The third-order valence-corrected chi connectivity index (χ3v) is 2.29. The highest BCUT2D eigenvalue weighted by Gasteiger charge is 2.19. The lowest BCUT2D eigenvalue weighted by molar-refractivity contribution is 0.0680. The Bertz CT molecular complexity index is 330. The van der Waals surface area contributed by atoms with Crippen molar-refractivity contribution >= 4 is 5.97 Å². The minimum absolute atomic E-state index is 0.258. The Morgan fingerprint density at radius 1 is 1.71 bits per heavy atom. The summed E-state index contributed by atoms with van der Waals surface area (Å²) in [7, 11) is 0. The fourth-order valence-corrected chi connectivity index (χ4v) is 1.56. The van der Waals surface area contributed by atoms with E-state index in [1.807, 2.05) is 0 Å². The summed E-state index contributed by atoms with van der Waals surface area (Å²) >= 11 is 0. The topological polar surface area (TPSA) is 88.2 Å². The lowest BCUT2D eigenvalue weighted by Gasteiger charge is -2.01. The van der Waals surface area contributed by atoms with Gasteiger partial charge in [-0.05, 0) is 30.6 Å². The Balaban J connectivity index is 1.98. The van der Waals surface area contributed by atoms with Crippen molar-refractivity contribution in [2.45, 2.75) is 12.8 Å². The summed E-state index contributed by atoms with van der Waals surface area (Å²) in [6.45, 7) is 1.94. The minimum Gasteiger partial charge on any atom is -0.475 e.